The number of nitrogens with zero attached hydrogens (tertiary/aromatic N) is 2. The molecule has 0 saturated heterocycles. The van der Waals surface area contributed by atoms with Crippen LogP contribution in [-0.4, -0.2) is 23.3 Å². The van der Waals surface area contributed by atoms with Gasteiger partial charge < -0.3 is 4.90 Å². The lowest BCUT2D eigenvalue weighted by molar-refractivity contribution is 0.696. The first-order valence-corrected chi connectivity index (χ1v) is 5.72. The van der Waals surface area contributed by atoms with Crippen molar-refractivity contribution in [1.29, 1.82) is 0 Å². The molecule has 3 rings (SSSR count). The fraction of sp³-hybridized carbons (Fsp3) is 0.727. The fourth-order valence-corrected chi connectivity index (χ4v) is 2.43. The lowest BCUT2D eigenvalue weighted by Crippen LogP contribution is -2.29. The van der Waals surface area contributed by atoms with E-state index in [2.05, 4.69) is 22.0 Å². The zero-order chi connectivity index (χ0) is 9.54. The minimum atomic E-state index is 0.766. The van der Waals surface area contributed by atoms with Gasteiger partial charge in [0.25, 0.3) is 0 Å². The highest BCUT2D eigenvalue weighted by Gasteiger charge is 2.33. The van der Waals surface area contributed by atoms with Crippen molar-refractivity contribution in [1.82, 2.24) is 10.2 Å². The first kappa shape index (κ1) is 8.33. The van der Waals surface area contributed by atoms with Crippen molar-refractivity contribution >= 4 is 5.69 Å². The van der Waals surface area contributed by atoms with Gasteiger partial charge in [-0.15, -0.1) is 0 Å². The van der Waals surface area contributed by atoms with Crippen molar-refractivity contribution in [3.05, 3.63) is 11.4 Å². The van der Waals surface area contributed by atoms with Crippen LogP contribution in [0.15, 0.2) is 0 Å². The topological polar surface area (TPSA) is 31.9 Å². The predicted molar refractivity (Wildman–Crippen MR) is 56.8 cm³/mol. The maximum atomic E-state index is 4.49. The summed E-state index contributed by atoms with van der Waals surface area (Å²) in [6.07, 6.45) is 5.14. The van der Waals surface area contributed by atoms with E-state index in [1.54, 1.807) is 0 Å². The second-order valence-corrected chi connectivity index (χ2v) is 4.39. The zero-order valence-electron chi connectivity index (χ0n) is 8.71. The summed E-state index contributed by atoms with van der Waals surface area (Å²) in [7, 11) is 0. The van der Waals surface area contributed by atoms with Gasteiger partial charge >= 0.3 is 0 Å². The largest absolute Gasteiger partial charge is 0.369 e. The summed E-state index contributed by atoms with van der Waals surface area (Å²) in [4.78, 5) is 2.48. The molecule has 2 heterocycles. The van der Waals surface area contributed by atoms with Gasteiger partial charge in [0.05, 0.1) is 17.1 Å². The molecule has 76 valence electrons. The molecule has 1 aromatic heterocycles. The van der Waals surface area contributed by atoms with Gasteiger partial charge in [-0.3, -0.25) is 5.10 Å². The van der Waals surface area contributed by atoms with Gasteiger partial charge in [0.15, 0.2) is 0 Å². The van der Waals surface area contributed by atoms with Crippen LogP contribution in [0, 0.1) is 0 Å². The van der Waals surface area contributed by atoms with Gasteiger partial charge in [-0.2, -0.15) is 5.10 Å². The van der Waals surface area contributed by atoms with Crippen LogP contribution in [0.5, 0.6) is 0 Å². The van der Waals surface area contributed by atoms with E-state index in [-0.39, 0.29) is 0 Å². The minimum Gasteiger partial charge on any atom is -0.369 e. The molecular weight excluding hydrogens is 174 g/mol. The lowest BCUT2D eigenvalue weighted by atomic mass is 10.1. The molecule has 2 aliphatic rings. The molecule has 14 heavy (non-hydrogen) atoms. The van der Waals surface area contributed by atoms with Crippen LogP contribution in [0.3, 0.4) is 0 Å². The monoisotopic (exact) mass is 191 g/mol. The van der Waals surface area contributed by atoms with Crippen molar-refractivity contribution in [3.63, 3.8) is 0 Å². The van der Waals surface area contributed by atoms with Crippen LogP contribution in [-0.2, 0) is 6.42 Å². The number of hydrogen-bond donors (Lipinski definition) is 1. The maximum absolute atomic E-state index is 4.49. The molecular formula is C11H17N3. The molecule has 0 amide bonds. The summed E-state index contributed by atoms with van der Waals surface area (Å²) in [5.74, 6) is 0.766. The van der Waals surface area contributed by atoms with Gasteiger partial charge in [-0.05, 0) is 32.6 Å². The van der Waals surface area contributed by atoms with Crippen LogP contribution in [0.2, 0.25) is 0 Å². The van der Waals surface area contributed by atoms with Crippen molar-refractivity contribution in [2.75, 3.05) is 18.0 Å². The molecule has 0 bridgehead atoms. The number of rotatable bonds is 2. The lowest BCUT2D eigenvalue weighted by Gasteiger charge is -2.28. The Bertz CT molecular complexity index is 338. The van der Waals surface area contributed by atoms with Crippen molar-refractivity contribution in [2.24, 2.45) is 0 Å². The summed E-state index contributed by atoms with van der Waals surface area (Å²) in [6, 6.07) is 0. The third kappa shape index (κ3) is 1.15. The summed E-state index contributed by atoms with van der Waals surface area (Å²) >= 11 is 0. The van der Waals surface area contributed by atoms with E-state index < -0.39 is 0 Å². The smallest absolute Gasteiger partial charge is 0.0889 e. The van der Waals surface area contributed by atoms with Crippen molar-refractivity contribution < 1.29 is 0 Å². The molecule has 1 fully saturated rings. The molecule has 1 saturated carbocycles. The first-order valence-electron chi connectivity index (χ1n) is 5.72. The Balaban J connectivity index is 2.02. The second kappa shape index (κ2) is 3.01. The Kier molecular flexibility index (Phi) is 1.79. The highest BCUT2D eigenvalue weighted by Crippen LogP contribution is 2.45. The Morgan fingerprint density at radius 2 is 2.36 bits per heavy atom. The average Bonchev–Trinajstić information content (AvgIpc) is 2.97. The molecule has 0 spiro atoms. The van der Waals surface area contributed by atoms with Crippen molar-refractivity contribution in [2.45, 2.75) is 38.5 Å². The molecule has 3 nitrogen and oxygen atoms in total. The van der Waals surface area contributed by atoms with E-state index in [1.165, 1.54) is 49.3 Å². The fourth-order valence-electron chi connectivity index (χ4n) is 2.43. The van der Waals surface area contributed by atoms with Crippen LogP contribution in [0.4, 0.5) is 5.69 Å². The van der Waals surface area contributed by atoms with Crippen LogP contribution < -0.4 is 4.90 Å². The molecule has 0 radical (unpaired) electrons. The number of fused-ring (bicyclic) bond motifs is 1. The summed E-state index contributed by atoms with van der Waals surface area (Å²) in [5.41, 5.74) is 4.17. The Morgan fingerprint density at radius 1 is 1.50 bits per heavy atom. The van der Waals surface area contributed by atoms with E-state index >= 15 is 0 Å². The average molecular weight is 191 g/mol. The number of aromatic nitrogens is 2. The highest BCUT2D eigenvalue weighted by atomic mass is 15.2. The number of aromatic amines is 1. The SMILES string of the molecule is CCN1CCCc2[nH]nc(C3CC3)c21. The third-order valence-corrected chi connectivity index (χ3v) is 3.36. The standard InChI is InChI=1S/C11H17N3/c1-2-14-7-3-4-9-11(14)10(13-12-9)8-5-6-8/h8H,2-7H2,1H3,(H,12,13). The van der Waals surface area contributed by atoms with Gasteiger partial charge in [-0.25, -0.2) is 0 Å². The molecule has 1 aromatic rings. The van der Waals surface area contributed by atoms with E-state index in [9.17, 15) is 0 Å². The zero-order valence-corrected chi connectivity index (χ0v) is 8.71. The van der Waals surface area contributed by atoms with Gasteiger partial charge in [-0.1, -0.05) is 0 Å². The van der Waals surface area contributed by atoms with E-state index in [1.807, 2.05) is 0 Å². The number of hydrogen-bond acceptors (Lipinski definition) is 2. The first-order chi connectivity index (χ1) is 6.90. The Morgan fingerprint density at radius 3 is 3.07 bits per heavy atom. The summed E-state index contributed by atoms with van der Waals surface area (Å²) < 4.78 is 0. The molecule has 0 unspecified atom stereocenters. The van der Waals surface area contributed by atoms with Gasteiger partial charge in [0.1, 0.15) is 0 Å². The predicted octanol–water partition coefficient (Wildman–Crippen LogP) is 2.06. The van der Waals surface area contributed by atoms with Crippen LogP contribution in [0.1, 0.15) is 43.5 Å². The molecule has 1 N–H and O–H groups in total. The van der Waals surface area contributed by atoms with E-state index in [4.69, 9.17) is 0 Å². The molecule has 1 aliphatic heterocycles. The van der Waals surface area contributed by atoms with Crippen LogP contribution >= 0.6 is 0 Å². The van der Waals surface area contributed by atoms with Gasteiger partial charge in [0.2, 0.25) is 0 Å². The maximum Gasteiger partial charge on any atom is 0.0889 e. The van der Waals surface area contributed by atoms with E-state index in [0.717, 1.165) is 12.5 Å². The van der Waals surface area contributed by atoms with Gasteiger partial charge in [0, 0.05) is 19.0 Å². The molecule has 0 aromatic carbocycles. The second-order valence-electron chi connectivity index (χ2n) is 4.39. The normalized spacial score (nSPS) is 21.1. The van der Waals surface area contributed by atoms with E-state index in [0.29, 0.717) is 0 Å². The number of H-pyrrole nitrogens is 1. The third-order valence-electron chi connectivity index (χ3n) is 3.36. The number of aryl methyl sites for hydroxylation is 1. The molecule has 0 atom stereocenters. The Hall–Kier alpha value is -0.990. The number of nitrogens with one attached hydrogen (secondary N) is 1. The number of anilines is 1. The van der Waals surface area contributed by atoms with Crippen molar-refractivity contribution in [3.8, 4) is 0 Å². The molecule has 1 aliphatic carbocycles. The minimum absolute atomic E-state index is 0.766. The van der Waals surface area contributed by atoms with Crippen LogP contribution in [0.25, 0.3) is 0 Å². The Labute approximate surface area is 84.5 Å². The summed E-state index contributed by atoms with van der Waals surface area (Å²) in [6.45, 7) is 4.56. The molecule has 3 heteroatoms. The quantitative estimate of drug-likeness (QED) is 0.776. The highest BCUT2D eigenvalue weighted by molar-refractivity contribution is 5.58. The summed E-state index contributed by atoms with van der Waals surface area (Å²) in [5, 5.41) is 7.71.